The Morgan fingerprint density at radius 3 is 2.71 bits per heavy atom. The molecule has 98 valence electrons. The van der Waals surface area contributed by atoms with Crippen LogP contribution in [0.1, 0.15) is 20.3 Å². The number of hydrogen-bond acceptors (Lipinski definition) is 4. The molecule has 2 N–H and O–H groups in total. The minimum absolute atomic E-state index is 0.265. The first-order valence-corrected chi connectivity index (χ1v) is 6.86. The number of rotatable bonds is 3. The van der Waals surface area contributed by atoms with Crippen molar-refractivity contribution < 1.29 is 4.79 Å². The summed E-state index contributed by atoms with van der Waals surface area (Å²) in [5.41, 5.74) is 0. The molecule has 0 amide bonds. The molecule has 0 aromatic heterocycles. The Bertz CT molecular complexity index is 263. The molecule has 2 heterocycles. The highest BCUT2D eigenvalue weighted by Gasteiger charge is 2.31. The van der Waals surface area contributed by atoms with E-state index in [0.29, 0.717) is 24.3 Å². The molecule has 0 aromatic rings. The lowest BCUT2D eigenvalue weighted by molar-refractivity contribution is -0.126. The maximum atomic E-state index is 12.3. The summed E-state index contributed by atoms with van der Waals surface area (Å²) in [5, 5.41) is 6.76. The van der Waals surface area contributed by atoms with Crippen molar-refractivity contribution >= 4 is 5.78 Å². The number of nitrogens with zero attached hydrogens (tertiary/aromatic N) is 1. The van der Waals surface area contributed by atoms with Crippen molar-refractivity contribution in [1.82, 2.24) is 15.5 Å². The van der Waals surface area contributed by atoms with Crippen LogP contribution in [-0.2, 0) is 4.79 Å². The van der Waals surface area contributed by atoms with Crippen LogP contribution >= 0.6 is 0 Å². The van der Waals surface area contributed by atoms with Crippen molar-refractivity contribution in [3.05, 3.63) is 0 Å². The third-order valence-electron chi connectivity index (χ3n) is 4.09. The standard InChI is InChI=1S/C13H25N3O/c1-10-8-15-11(2)7-12(10)13(17)9-16-5-3-14-4-6-16/h10-12,14-15H,3-9H2,1-2H3. The summed E-state index contributed by atoms with van der Waals surface area (Å²) < 4.78 is 0. The van der Waals surface area contributed by atoms with Gasteiger partial charge in [0.15, 0.2) is 0 Å². The molecule has 3 unspecified atom stereocenters. The predicted molar refractivity (Wildman–Crippen MR) is 69.1 cm³/mol. The predicted octanol–water partition coefficient (Wildman–Crippen LogP) is 0.0948. The maximum Gasteiger partial charge on any atom is 0.150 e. The Balaban J connectivity index is 1.85. The molecule has 3 atom stereocenters. The van der Waals surface area contributed by atoms with Gasteiger partial charge >= 0.3 is 0 Å². The van der Waals surface area contributed by atoms with Gasteiger partial charge in [-0.1, -0.05) is 6.92 Å². The molecule has 0 aromatic carbocycles. The third kappa shape index (κ3) is 3.50. The zero-order valence-corrected chi connectivity index (χ0v) is 11.0. The lowest BCUT2D eigenvalue weighted by Gasteiger charge is -2.34. The highest BCUT2D eigenvalue weighted by atomic mass is 16.1. The number of ketones is 1. The van der Waals surface area contributed by atoms with E-state index in [1.807, 2.05) is 0 Å². The van der Waals surface area contributed by atoms with Crippen LogP contribution in [0.2, 0.25) is 0 Å². The second kappa shape index (κ2) is 5.94. The van der Waals surface area contributed by atoms with Crippen molar-refractivity contribution in [2.24, 2.45) is 11.8 Å². The molecule has 2 rings (SSSR count). The lowest BCUT2D eigenvalue weighted by Crippen LogP contribution is -2.49. The van der Waals surface area contributed by atoms with Gasteiger partial charge in [-0.05, 0) is 25.8 Å². The average Bonchev–Trinajstić information content (AvgIpc) is 2.33. The van der Waals surface area contributed by atoms with Gasteiger partial charge in [0.05, 0.1) is 6.54 Å². The summed E-state index contributed by atoms with van der Waals surface area (Å²) in [6, 6.07) is 0.489. The first-order valence-electron chi connectivity index (χ1n) is 6.86. The summed E-state index contributed by atoms with van der Waals surface area (Å²) in [6.45, 7) is 10.1. The first kappa shape index (κ1) is 13.0. The van der Waals surface area contributed by atoms with E-state index < -0.39 is 0 Å². The molecule has 0 bridgehead atoms. The van der Waals surface area contributed by atoms with Gasteiger partial charge in [0.25, 0.3) is 0 Å². The van der Waals surface area contributed by atoms with Gasteiger partial charge in [0, 0.05) is 38.1 Å². The van der Waals surface area contributed by atoms with Crippen LogP contribution in [0.4, 0.5) is 0 Å². The Morgan fingerprint density at radius 1 is 1.29 bits per heavy atom. The normalized spacial score (nSPS) is 35.8. The smallest absolute Gasteiger partial charge is 0.150 e. The number of hydrogen-bond donors (Lipinski definition) is 2. The van der Waals surface area contributed by atoms with Crippen molar-refractivity contribution in [1.29, 1.82) is 0 Å². The van der Waals surface area contributed by atoms with E-state index in [4.69, 9.17) is 0 Å². The van der Waals surface area contributed by atoms with E-state index in [-0.39, 0.29) is 5.92 Å². The molecule has 0 spiro atoms. The summed E-state index contributed by atoms with van der Waals surface area (Å²) >= 11 is 0. The zero-order chi connectivity index (χ0) is 12.3. The summed E-state index contributed by atoms with van der Waals surface area (Å²) in [6.07, 6.45) is 1.01. The summed E-state index contributed by atoms with van der Waals surface area (Å²) in [7, 11) is 0. The number of nitrogens with one attached hydrogen (secondary N) is 2. The van der Waals surface area contributed by atoms with Gasteiger partial charge in [0.1, 0.15) is 5.78 Å². The number of piperazine rings is 1. The van der Waals surface area contributed by atoms with Gasteiger partial charge in [-0.2, -0.15) is 0 Å². The summed E-state index contributed by atoms with van der Waals surface area (Å²) in [4.78, 5) is 14.6. The fraction of sp³-hybridized carbons (Fsp3) is 0.923. The molecular formula is C13H25N3O. The third-order valence-corrected chi connectivity index (χ3v) is 4.09. The molecule has 2 aliphatic rings. The largest absolute Gasteiger partial charge is 0.314 e. The molecule has 4 heteroatoms. The summed E-state index contributed by atoms with van der Waals surface area (Å²) in [5.74, 6) is 1.20. The van der Waals surface area contributed by atoms with E-state index >= 15 is 0 Å². The monoisotopic (exact) mass is 239 g/mol. The van der Waals surface area contributed by atoms with Crippen LogP contribution in [0, 0.1) is 11.8 Å². The van der Waals surface area contributed by atoms with Gasteiger partial charge in [-0.25, -0.2) is 0 Å². The van der Waals surface area contributed by atoms with Crippen LogP contribution in [0.25, 0.3) is 0 Å². The molecule has 2 saturated heterocycles. The molecule has 2 aliphatic heterocycles. The Hall–Kier alpha value is -0.450. The topological polar surface area (TPSA) is 44.4 Å². The maximum absolute atomic E-state index is 12.3. The Labute approximate surface area is 104 Å². The molecule has 17 heavy (non-hydrogen) atoms. The fourth-order valence-electron chi connectivity index (χ4n) is 2.88. The molecule has 2 fully saturated rings. The lowest BCUT2D eigenvalue weighted by atomic mass is 9.81. The number of piperidine rings is 1. The second-order valence-electron chi connectivity index (χ2n) is 5.62. The van der Waals surface area contributed by atoms with Crippen LogP contribution < -0.4 is 10.6 Å². The molecule has 0 radical (unpaired) electrons. The second-order valence-corrected chi connectivity index (χ2v) is 5.62. The van der Waals surface area contributed by atoms with Crippen LogP contribution in [0.15, 0.2) is 0 Å². The van der Waals surface area contributed by atoms with Crippen LogP contribution in [-0.4, -0.2) is 56.0 Å². The average molecular weight is 239 g/mol. The van der Waals surface area contributed by atoms with Gasteiger partial charge in [0.2, 0.25) is 0 Å². The Morgan fingerprint density at radius 2 is 2.00 bits per heavy atom. The first-order chi connectivity index (χ1) is 8.16. The minimum atomic E-state index is 0.265. The van der Waals surface area contributed by atoms with E-state index in [1.54, 1.807) is 0 Å². The number of Topliss-reactive ketones (excluding diaryl/α,β-unsaturated/α-hetero) is 1. The van der Waals surface area contributed by atoms with Crippen molar-refractivity contribution in [3.63, 3.8) is 0 Å². The van der Waals surface area contributed by atoms with Crippen molar-refractivity contribution in [2.45, 2.75) is 26.3 Å². The van der Waals surface area contributed by atoms with Crippen LogP contribution in [0.5, 0.6) is 0 Å². The van der Waals surface area contributed by atoms with Crippen molar-refractivity contribution in [3.8, 4) is 0 Å². The van der Waals surface area contributed by atoms with E-state index in [9.17, 15) is 4.79 Å². The van der Waals surface area contributed by atoms with Gasteiger partial charge in [-0.3, -0.25) is 9.69 Å². The number of carbonyl (C=O) groups excluding carboxylic acids is 1. The van der Waals surface area contributed by atoms with Gasteiger partial charge < -0.3 is 10.6 Å². The molecule has 0 saturated carbocycles. The molecule has 4 nitrogen and oxygen atoms in total. The Kier molecular flexibility index (Phi) is 4.54. The van der Waals surface area contributed by atoms with Gasteiger partial charge in [-0.15, -0.1) is 0 Å². The van der Waals surface area contributed by atoms with E-state index in [1.165, 1.54) is 0 Å². The van der Waals surface area contributed by atoms with E-state index in [2.05, 4.69) is 29.4 Å². The zero-order valence-electron chi connectivity index (χ0n) is 11.0. The quantitative estimate of drug-likeness (QED) is 0.733. The molecule has 0 aliphatic carbocycles. The molecular weight excluding hydrogens is 214 g/mol. The van der Waals surface area contributed by atoms with Crippen LogP contribution in [0.3, 0.4) is 0 Å². The highest BCUT2D eigenvalue weighted by molar-refractivity contribution is 5.83. The van der Waals surface area contributed by atoms with E-state index in [0.717, 1.165) is 39.1 Å². The SMILES string of the molecule is CC1CC(C(=O)CN2CCNCC2)C(C)CN1. The minimum Gasteiger partial charge on any atom is -0.314 e. The van der Waals surface area contributed by atoms with Crippen molar-refractivity contribution in [2.75, 3.05) is 39.3 Å². The fourth-order valence-corrected chi connectivity index (χ4v) is 2.88. The number of carbonyl (C=O) groups is 1. The highest BCUT2D eigenvalue weighted by Crippen LogP contribution is 2.23.